The molecule has 2 atom stereocenters. The predicted octanol–water partition coefficient (Wildman–Crippen LogP) is 20.3. The van der Waals surface area contributed by atoms with E-state index in [-0.39, 0.29) is 11.8 Å². The second kappa shape index (κ2) is 24.2. The van der Waals surface area contributed by atoms with Crippen molar-refractivity contribution >= 4 is 151 Å². The van der Waals surface area contributed by atoms with E-state index in [1.54, 1.807) is 45.3 Å². The van der Waals surface area contributed by atoms with Crippen molar-refractivity contribution in [2.75, 3.05) is 22.9 Å². The number of amides is 2. The van der Waals surface area contributed by atoms with E-state index in [9.17, 15) is 0 Å². The van der Waals surface area contributed by atoms with Crippen molar-refractivity contribution in [3.05, 3.63) is 55.1 Å². The van der Waals surface area contributed by atoms with Crippen molar-refractivity contribution in [2.45, 2.75) is 182 Å². The average Bonchev–Trinajstić information content (AvgIpc) is 4.12. The summed E-state index contributed by atoms with van der Waals surface area (Å²) in [6.07, 6.45) is 31.0. The van der Waals surface area contributed by atoms with Gasteiger partial charge in [-0.3, -0.25) is 9.59 Å². The molecule has 10 heteroatoms. The number of unbranched alkanes of at least 4 members (excludes halogenated alkanes) is 16. The molecule has 0 bridgehead atoms. The minimum atomic E-state index is -0.0144. The molecule has 6 aromatic rings. The van der Waals surface area contributed by atoms with Crippen molar-refractivity contribution in [3.63, 3.8) is 0 Å². The molecule has 0 saturated heterocycles. The quantitative estimate of drug-likeness (QED) is 0.0363. The van der Waals surface area contributed by atoms with Gasteiger partial charge in [-0.1, -0.05) is 156 Å². The van der Waals surface area contributed by atoms with Crippen molar-refractivity contribution in [1.29, 1.82) is 0 Å². The highest BCUT2D eigenvalue weighted by Crippen LogP contribution is 2.53. The molecule has 356 valence electrons. The number of hydrogen-bond acceptors (Lipinski definition) is 6. The molecule has 2 aliphatic heterocycles. The lowest BCUT2D eigenvalue weighted by Crippen LogP contribution is -2.30. The summed E-state index contributed by atoms with van der Waals surface area (Å²) in [6, 6.07) is 13.5. The van der Waals surface area contributed by atoms with Crippen LogP contribution in [-0.4, -0.2) is 24.9 Å². The molecule has 4 aromatic heterocycles. The van der Waals surface area contributed by atoms with Crippen LogP contribution in [0.15, 0.2) is 44.0 Å². The molecular weight excluding hydrogens is 1020 g/mol. The molecule has 0 radical (unpaired) electrons. The van der Waals surface area contributed by atoms with Gasteiger partial charge in [-0.2, -0.15) is 0 Å². The number of fused-ring (bicyclic) bond motifs is 8. The number of hydrogen-bond donors (Lipinski definition) is 0. The van der Waals surface area contributed by atoms with Gasteiger partial charge in [0.15, 0.2) is 0 Å². The van der Waals surface area contributed by atoms with E-state index in [2.05, 4.69) is 96.0 Å². The summed E-state index contributed by atoms with van der Waals surface area (Å²) in [5.41, 5.74) is 4.97. The molecule has 8 rings (SSSR count). The second-order valence-electron chi connectivity index (χ2n) is 19.8. The largest absolute Gasteiger partial charge is 0.308 e. The van der Waals surface area contributed by atoms with E-state index >= 15 is 9.59 Å². The second-order valence-corrected chi connectivity index (χ2v) is 26.8. The lowest BCUT2D eigenvalue weighted by Gasteiger charge is -2.19. The first-order valence-electron chi connectivity index (χ1n) is 25.9. The summed E-state index contributed by atoms with van der Waals surface area (Å²) < 4.78 is 9.65. The highest BCUT2D eigenvalue weighted by atomic mass is 79.9. The average molecular weight is 1090 g/mol. The first-order chi connectivity index (χ1) is 32.2. The third kappa shape index (κ3) is 11.7. The highest BCUT2D eigenvalue weighted by Gasteiger charge is 2.43. The Balaban J connectivity index is 1.02. The van der Waals surface area contributed by atoms with Crippen LogP contribution in [0.5, 0.6) is 0 Å². The summed E-state index contributed by atoms with van der Waals surface area (Å²) in [4.78, 5) is 34.5. The molecule has 0 saturated carbocycles. The zero-order valence-corrected chi connectivity index (χ0v) is 46.5. The molecular formula is C56H72Br2N2O2S4. The molecule has 2 unspecified atom stereocenters. The first kappa shape index (κ1) is 50.3. The Labute approximate surface area is 428 Å². The molecule has 66 heavy (non-hydrogen) atoms. The van der Waals surface area contributed by atoms with Crippen LogP contribution in [0.25, 0.3) is 50.1 Å². The molecule has 2 aliphatic rings. The minimum Gasteiger partial charge on any atom is -0.308 e. The lowest BCUT2D eigenvalue weighted by atomic mass is 9.95. The van der Waals surface area contributed by atoms with Crippen LogP contribution in [0.2, 0.25) is 0 Å². The maximum Gasteiger partial charge on any atom is 0.259 e. The number of carbonyl (C=O) groups is 2. The molecule has 0 N–H and O–H groups in total. The number of anilines is 2. The highest BCUT2D eigenvalue weighted by molar-refractivity contribution is 9.11. The predicted molar refractivity (Wildman–Crippen MR) is 302 cm³/mol. The number of benzene rings is 2. The normalized spacial score (nSPS) is 16.1. The van der Waals surface area contributed by atoms with Crippen LogP contribution < -0.4 is 9.80 Å². The van der Waals surface area contributed by atoms with Crippen LogP contribution in [0.1, 0.15) is 193 Å². The van der Waals surface area contributed by atoms with Gasteiger partial charge in [0.2, 0.25) is 0 Å². The fourth-order valence-electron chi connectivity index (χ4n) is 10.7. The molecule has 2 aromatic carbocycles. The van der Waals surface area contributed by atoms with Crippen LogP contribution >= 0.6 is 77.2 Å². The fourth-order valence-corrected chi connectivity index (χ4v) is 17.0. The van der Waals surface area contributed by atoms with Crippen molar-refractivity contribution < 1.29 is 9.59 Å². The lowest BCUT2D eigenvalue weighted by molar-refractivity contribution is -0.114. The number of halogens is 2. The zero-order chi connectivity index (χ0) is 46.2. The van der Waals surface area contributed by atoms with E-state index in [0.717, 1.165) is 55.8 Å². The summed E-state index contributed by atoms with van der Waals surface area (Å²) in [5, 5.41) is 2.41. The Morgan fingerprint density at radius 3 is 1.17 bits per heavy atom. The minimum absolute atomic E-state index is 0.0140. The Morgan fingerprint density at radius 2 is 0.788 bits per heavy atom. The van der Waals surface area contributed by atoms with Crippen LogP contribution in [0, 0.1) is 11.8 Å². The van der Waals surface area contributed by atoms with Crippen LogP contribution in [-0.2, 0) is 9.59 Å². The van der Waals surface area contributed by atoms with E-state index in [0.29, 0.717) is 36.1 Å². The standard InChI is InChI=1S/C56H72Br2N2O2S4/c1-5-7-9-11-13-15-16-18-20-22-26-38(4)28-24-30-60-44-32-42-46(64-48-36-50(58)66-54(42)48)34-40(44)52(56(60)62)51-39-33-45-41(53-47(63-45)35-49(57)65-53)31-43(39)59(55(51)61)29-23-27-37(3)25-21-19-17-14-12-10-8-6-2/h31-38H,5-30H2,1-4H3/b52-51+. The molecule has 2 amide bonds. The number of carbonyl (C=O) groups excluding carboxylic acids is 2. The van der Waals surface area contributed by atoms with Gasteiger partial charge in [0.1, 0.15) is 0 Å². The first-order valence-corrected chi connectivity index (χ1v) is 30.7. The van der Waals surface area contributed by atoms with Crippen molar-refractivity contribution in [3.8, 4) is 0 Å². The Kier molecular flexibility index (Phi) is 18.4. The van der Waals surface area contributed by atoms with Crippen LogP contribution in [0.4, 0.5) is 11.4 Å². The maximum absolute atomic E-state index is 15.2. The van der Waals surface area contributed by atoms with Crippen LogP contribution in [0.3, 0.4) is 0 Å². The van der Waals surface area contributed by atoms with Gasteiger partial charge in [-0.05, 0) is 106 Å². The SMILES string of the molecule is CCCCCCCCCCCCC(C)CCCN1C(=O)/C(=C2/C(=O)N(CCCC(C)CCCCCCCCCC)c3cc4c(cc32)sc2cc(Br)sc24)c2cc3sc4cc(Br)sc4c3cc21. The van der Waals surface area contributed by atoms with Gasteiger partial charge in [0.05, 0.1) is 39.5 Å². The number of thiophene rings is 4. The zero-order valence-electron chi connectivity index (χ0n) is 40.1. The topological polar surface area (TPSA) is 40.6 Å². The summed E-state index contributed by atoms with van der Waals surface area (Å²) in [7, 11) is 0. The third-order valence-corrected chi connectivity index (χ3v) is 20.3. The summed E-state index contributed by atoms with van der Waals surface area (Å²) >= 11 is 14.6. The van der Waals surface area contributed by atoms with E-state index in [1.807, 2.05) is 9.80 Å². The van der Waals surface area contributed by atoms with Gasteiger partial charge in [0, 0.05) is 53.8 Å². The van der Waals surface area contributed by atoms with E-state index in [1.165, 1.54) is 167 Å². The maximum atomic E-state index is 15.2. The molecule has 4 nitrogen and oxygen atoms in total. The van der Waals surface area contributed by atoms with Gasteiger partial charge in [-0.25, -0.2) is 0 Å². The summed E-state index contributed by atoms with van der Waals surface area (Å²) in [6.45, 7) is 10.7. The Morgan fingerprint density at radius 1 is 0.439 bits per heavy atom. The van der Waals surface area contributed by atoms with Gasteiger partial charge in [0.25, 0.3) is 11.8 Å². The van der Waals surface area contributed by atoms with Gasteiger partial charge < -0.3 is 9.80 Å². The molecule has 0 aliphatic carbocycles. The molecule has 0 spiro atoms. The van der Waals surface area contributed by atoms with Gasteiger partial charge >= 0.3 is 0 Å². The molecule has 0 fully saturated rings. The summed E-state index contributed by atoms with van der Waals surface area (Å²) in [5.74, 6) is 1.22. The molecule has 6 heterocycles. The monoisotopic (exact) mass is 1090 g/mol. The van der Waals surface area contributed by atoms with Crippen molar-refractivity contribution in [1.82, 2.24) is 0 Å². The number of rotatable bonds is 28. The number of nitrogens with zero attached hydrogens (tertiary/aromatic N) is 2. The smallest absolute Gasteiger partial charge is 0.259 e. The fraction of sp³-hybridized carbons (Fsp3) is 0.571. The Hall–Kier alpha value is -2.08. The third-order valence-electron chi connectivity index (χ3n) is 14.5. The Bertz CT molecular complexity index is 2630. The van der Waals surface area contributed by atoms with Gasteiger partial charge in [-0.15, -0.1) is 45.3 Å². The van der Waals surface area contributed by atoms with Crippen molar-refractivity contribution in [2.24, 2.45) is 11.8 Å². The van der Waals surface area contributed by atoms with E-state index in [4.69, 9.17) is 0 Å². The van der Waals surface area contributed by atoms with E-state index < -0.39 is 0 Å².